The molecule has 0 radical (unpaired) electrons. The third-order valence-electron chi connectivity index (χ3n) is 4.72. The summed E-state index contributed by atoms with van der Waals surface area (Å²) in [7, 11) is -1.62. The molecule has 0 amide bonds. The van der Waals surface area contributed by atoms with Crippen molar-refractivity contribution >= 4 is 10.0 Å². The minimum atomic E-state index is -3.24. The second-order valence-corrected chi connectivity index (χ2v) is 9.33. The van der Waals surface area contributed by atoms with Crippen LogP contribution in [0.1, 0.15) is 32.3 Å². The number of likely N-dealkylation sites (tertiary alicyclic amines) is 1. The van der Waals surface area contributed by atoms with Crippen LogP contribution < -0.4 is 9.46 Å². The first kappa shape index (κ1) is 20.2. The lowest BCUT2D eigenvalue weighted by atomic mass is 9.96. The third-order valence-corrected chi connectivity index (χ3v) is 6.06. The van der Waals surface area contributed by atoms with Gasteiger partial charge in [0.05, 0.1) is 12.9 Å². The lowest BCUT2D eigenvalue weighted by molar-refractivity contribution is 0.169. The number of nitrogens with one attached hydrogen (secondary N) is 1. The zero-order valence-corrected chi connectivity index (χ0v) is 16.5. The Morgan fingerprint density at radius 3 is 2.64 bits per heavy atom. The van der Waals surface area contributed by atoms with Crippen LogP contribution in [0.25, 0.3) is 0 Å². The Balaban J connectivity index is 1.72. The van der Waals surface area contributed by atoms with Crippen LogP contribution in [0.2, 0.25) is 0 Å². The first-order chi connectivity index (χ1) is 11.9. The Labute approximate surface area is 152 Å². The summed E-state index contributed by atoms with van der Waals surface area (Å²) < 4.78 is 32.5. The van der Waals surface area contributed by atoms with E-state index in [1.165, 1.54) is 0 Å². The minimum absolute atomic E-state index is 0.117. The number of benzene rings is 1. The van der Waals surface area contributed by atoms with E-state index < -0.39 is 10.0 Å². The standard InChI is InChI=1S/C19H32N2O3S/c1-16(2)15-21-10-7-18(8-11-21)14-20-25(22,23)12-9-17-5-4-6-19(13-17)24-3/h4-6,13,16,18,20H,7-12,14-15H2,1-3H3. The number of sulfonamides is 1. The molecule has 0 spiro atoms. The largest absolute Gasteiger partial charge is 0.497 e. The lowest BCUT2D eigenvalue weighted by Gasteiger charge is -2.33. The van der Waals surface area contributed by atoms with Crippen LogP contribution in [0.4, 0.5) is 0 Å². The van der Waals surface area contributed by atoms with Crippen molar-refractivity contribution in [2.24, 2.45) is 11.8 Å². The van der Waals surface area contributed by atoms with Gasteiger partial charge in [-0.15, -0.1) is 0 Å². The zero-order valence-electron chi connectivity index (χ0n) is 15.7. The van der Waals surface area contributed by atoms with E-state index in [1.54, 1.807) is 7.11 Å². The predicted octanol–water partition coefficient (Wildman–Crippen LogP) is 2.53. The van der Waals surface area contributed by atoms with Gasteiger partial charge < -0.3 is 9.64 Å². The number of rotatable bonds is 9. The maximum Gasteiger partial charge on any atom is 0.211 e. The minimum Gasteiger partial charge on any atom is -0.497 e. The van der Waals surface area contributed by atoms with Gasteiger partial charge in [0.2, 0.25) is 10.0 Å². The van der Waals surface area contributed by atoms with Crippen molar-refractivity contribution in [3.05, 3.63) is 29.8 Å². The van der Waals surface area contributed by atoms with Gasteiger partial charge in [0.15, 0.2) is 0 Å². The highest BCUT2D eigenvalue weighted by atomic mass is 32.2. The van der Waals surface area contributed by atoms with E-state index in [0.29, 0.717) is 24.8 Å². The van der Waals surface area contributed by atoms with Crippen molar-refractivity contribution in [1.82, 2.24) is 9.62 Å². The molecule has 1 aromatic rings. The van der Waals surface area contributed by atoms with Crippen LogP contribution in [0, 0.1) is 11.8 Å². The first-order valence-corrected chi connectivity index (χ1v) is 10.9. The molecule has 1 saturated heterocycles. The highest BCUT2D eigenvalue weighted by Gasteiger charge is 2.21. The normalized spacial score (nSPS) is 17.1. The number of aryl methyl sites for hydroxylation is 1. The lowest BCUT2D eigenvalue weighted by Crippen LogP contribution is -2.40. The highest BCUT2D eigenvalue weighted by Crippen LogP contribution is 2.18. The van der Waals surface area contributed by atoms with Gasteiger partial charge in [-0.05, 0) is 61.9 Å². The monoisotopic (exact) mass is 368 g/mol. The summed E-state index contributed by atoms with van der Waals surface area (Å²) in [5, 5.41) is 0. The molecule has 5 nitrogen and oxygen atoms in total. The van der Waals surface area contributed by atoms with E-state index in [9.17, 15) is 8.42 Å². The quantitative estimate of drug-likeness (QED) is 0.728. The maximum absolute atomic E-state index is 12.3. The Kier molecular flexibility index (Phi) is 7.72. The molecule has 0 atom stereocenters. The fourth-order valence-corrected chi connectivity index (χ4v) is 4.43. The molecule has 0 saturated carbocycles. The molecule has 1 heterocycles. The molecule has 1 aliphatic rings. The Morgan fingerprint density at radius 2 is 2.00 bits per heavy atom. The SMILES string of the molecule is COc1cccc(CCS(=O)(=O)NCC2CCN(CC(C)C)CC2)c1. The summed E-state index contributed by atoms with van der Waals surface area (Å²) in [5.41, 5.74) is 0.978. The molecule has 25 heavy (non-hydrogen) atoms. The second-order valence-electron chi connectivity index (χ2n) is 7.41. The number of nitrogens with zero attached hydrogens (tertiary/aromatic N) is 1. The molecule has 142 valence electrons. The summed E-state index contributed by atoms with van der Waals surface area (Å²) in [5.74, 6) is 2.02. The Morgan fingerprint density at radius 1 is 1.28 bits per heavy atom. The van der Waals surface area contributed by atoms with Gasteiger partial charge in [0.1, 0.15) is 5.75 Å². The van der Waals surface area contributed by atoms with Crippen LogP contribution in [0.3, 0.4) is 0 Å². The smallest absolute Gasteiger partial charge is 0.211 e. The summed E-state index contributed by atoms with van der Waals surface area (Å²) in [4.78, 5) is 2.48. The molecule has 0 aliphatic carbocycles. The number of ether oxygens (including phenoxy) is 1. The summed E-state index contributed by atoms with van der Waals surface area (Å²) in [6, 6.07) is 7.57. The predicted molar refractivity (Wildman–Crippen MR) is 102 cm³/mol. The van der Waals surface area contributed by atoms with Crippen molar-refractivity contribution in [2.75, 3.05) is 39.0 Å². The van der Waals surface area contributed by atoms with Gasteiger partial charge in [-0.1, -0.05) is 26.0 Å². The van der Waals surface area contributed by atoms with Crippen LogP contribution >= 0.6 is 0 Å². The molecular formula is C19H32N2O3S. The molecule has 6 heteroatoms. The van der Waals surface area contributed by atoms with E-state index >= 15 is 0 Å². The molecular weight excluding hydrogens is 336 g/mol. The van der Waals surface area contributed by atoms with Gasteiger partial charge in [-0.3, -0.25) is 0 Å². The van der Waals surface area contributed by atoms with Crippen molar-refractivity contribution < 1.29 is 13.2 Å². The molecule has 1 N–H and O–H groups in total. The molecule has 2 rings (SSSR count). The average Bonchev–Trinajstić information content (AvgIpc) is 2.59. The molecule has 0 bridgehead atoms. The number of methoxy groups -OCH3 is 1. The fraction of sp³-hybridized carbons (Fsp3) is 0.684. The second kappa shape index (κ2) is 9.55. The highest BCUT2D eigenvalue weighted by molar-refractivity contribution is 7.89. The molecule has 0 unspecified atom stereocenters. The van der Waals surface area contributed by atoms with Crippen molar-refractivity contribution in [3.63, 3.8) is 0 Å². The van der Waals surface area contributed by atoms with E-state index in [1.807, 2.05) is 24.3 Å². The van der Waals surface area contributed by atoms with Gasteiger partial charge in [0, 0.05) is 13.1 Å². The van der Waals surface area contributed by atoms with E-state index in [-0.39, 0.29) is 5.75 Å². The van der Waals surface area contributed by atoms with E-state index in [0.717, 1.165) is 43.8 Å². The Bertz CT molecular complexity index is 623. The number of piperidine rings is 1. The molecule has 1 fully saturated rings. The summed E-state index contributed by atoms with van der Waals surface area (Å²) in [6.07, 6.45) is 2.65. The van der Waals surface area contributed by atoms with E-state index in [2.05, 4.69) is 23.5 Å². The van der Waals surface area contributed by atoms with E-state index in [4.69, 9.17) is 4.74 Å². The van der Waals surface area contributed by atoms with Gasteiger partial charge in [-0.25, -0.2) is 13.1 Å². The van der Waals surface area contributed by atoms with Crippen molar-refractivity contribution in [1.29, 1.82) is 0 Å². The first-order valence-electron chi connectivity index (χ1n) is 9.20. The zero-order chi connectivity index (χ0) is 18.3. The topological polar surface area (TPSA) is 58.6 Å². The van der Waals surface area contributed by atoms with Crippen molar-refractivity contribution in [2.45, 2.75) is 33.1 Å². The van der Waals surface area contributed by atoms with Crippen LogP contribution in [0.15, 0.2) is 24.3 Å². The molecule has 1 aromatic carbocycles. The summed E-state index contributed by atoms with van der Waals surface area (Å²) in [6.45, 7) is 8.34. The average molecular weight is 369 g/mol. The summed E-state index contributed by atoms with van der Waals surface area (Å²) >= 11 is 0. The van der Waals surface area contributed by atoms with Crippen LogP contribution in [-0.4, -0.2) is 52.4 Å². The molecule has 1 aliphatic heterocycles. The fourth-order valence-electron chi connectivity index (χ4n) is 3.29. The van der Waals surface area contributed by atoms with Gasteiger partial charge >= 0.3 is 0 Å². The van der Waals surface area contributed by atoms with Gasteiger partial charge in [0.25, 0.3) is 0 Å². The van der Waals surface area contributed by atoms with Crippen LogP contribution in [0.5, 0.6) is 5.75 Å². The number of hydrogen-bond donors (Lipinski definition) is 1. The maximum atomic E-state index is 12.3. The third kappa shape index (κ3) is 7.34. The Hall–Kier alpha value is -1.11. The molecule has 0 aromatic heterocycles. The van der Waals surface area contributed by atoms with Crippen LogP contribution in [-0.2, 0) is 16.4 Å². The van der Waals surface area contributed by atoms with Gasteiger partial charge in [-0.2, -0.15) is 0 Å². The van der Waals surface area contributed by atoms with Crippen molar-refractivity contribution in [3.8, 4) is 5.75 Å². The number of hydrogen-bond acceptors (Lipinski definition) is 4.